The molecule has 2 aromatic rings. The van der Waals surface area contributed by atoms with Gasteiger partial charge < -0.3 is 28.4 Å². The van der Waals surface area contributed by atoms with E-state index in [0.717, 1.165) is 38.9 Å². The van der Waals surface area contributed by atoms with Crippen molar-refractivity contribution in [3.63, 3.8) is 0 Å². The van der Waals surface area contributed by atoms with E-state index in [1.54, 1.807) is 48.5 Å². The lowest BCUT2D eigenvalue weighted by atomic mass is 9.89. The normalized spacial score (nSPS) is 23.6. The van der Waals surface area contributed by atoms with E-state index in [0.29, 0.717) is 48.7 Å². The molecule has 0 bridgehead atoms. The number of hydrogen-bond acceptors (Lipinski definition) is 8. The van der Waals surface area contributed by atoms with Crippen molar-refractivity contribution in [1.82, 2.24) is 0 Å². The van der Waals surface area contributed by atoms with Gasteiger partial charge in [-0.05, 0) is 67.8 Å². The molecule has 0 spiro atoms. The number of carbonyl (C=O) groups excluding carboxylic acids is 2. The first kappa shape index (κ1) is 24.7. The molecule has 0 N–H and O–H groups in total. The molecule has 2 aliphatic heterocycles. The zero-order valence-electron chi connectivity index (χ0n) is 20.5. The van der Waals surface area contributed by atoms with Gasteiger partial charge in [0.05, 0.1) is 50.1 Å². The van der Waals surface area contributed by atoms with Crippen LogP contribution in [0.1, 0.15) is 43.0 Å². The van der Waals surface area contributed by atoms with Crippen molar-refractivity contribution in [3.8, 4) is 17.2 Å². The number of rotatable bonds is 11. The van der Waals surface area contributed by atoms with E-state index >= 15 is 0 Å². The Morgan fingerprint density at radius 2 is 1.58 bits per heavy atom. The van der Waals surface area contributed by atoms with E-state index in [2.05, 4.69) is 6.92 Å². The van der Waals surface area contributed by atoms with E-state index in [9.17, 15) is 9.59 Å². The number of carbonyl (C=O) groups is 2. The van der Waals surface area contributed by atoms with Gasteiger partial charge in [-0.1, -0.05) is 6.92 Å². The Kier molecular flexibility index (Phi) is 7.55. The summed E-state index contributed by atoms with van der Waals surface area (Å²) in [4.78, 5) is 24.9. The van der Waals surface area contributed by atoms with Crippen molar-refractivity contribution >= 4 is 11.9 Å². The maximum atomic E-state index is 12.5. The van der Waals surface area contributed by atoms with Crippen LogP contribution in [-0.4, -0.2) is 57.2 Å². The van der Waals surface area contributed by atoms with Gasteiger partial charge in [-0.25, -0.2) is 4.79 Å². The Morgan fingerprint density at radius 3 is 2.28 bits per heavy atom. The average Bonchev–Trinajstić information content (AvgIpc) is 3.65. The lowest BCUT2D eigenvalue weighted by molar-refractivity contribution is -0.139. The van der Waals surface area contributed by atoms with Crippen LogP contribution in [0.4, 0.5) is 0 Å². The van der Waals surface area contributed by atoms with Crippen molar-refractivity contribution in [2.24, 2.45) is 11.3 Å². The molecule has 3 fully saturated rings. The second kappa shape index (κ2) is 11.0. The first-order valence-corrected chi connectivity index (χ1v) is 12.6. The van der Waals surface area contributed by atoms with E-state index in [1.807, 2.05) is 0 Å². The summed E-state index contributed by atoms with van der Waals surface area (Å²) in [6, 6.07) is 13.3. The van der Waals surface area contributed by atoms with E-state index < -0.39 is 5.97 Å². The van der Waals surface area contributed by atoms with Crippen molar-refractivity contribution < 1.29 is 38.0 Å². The summed E-state index contributed by atoms with van der Waals surface area (Å²) >= 11 is 0. The van der Waals surface area contributed by atoms with Crippen LogP contribution in [0.3, 0.4) is 0 Å². The Hall–Kier alpha value is -2.94. The van der Waals surface area contributed by atoms with Crippen LogP contribution < -0.4 is 14.2 Å². The van der Waals surface area contributed by atoms with Crippen LogP contribution in [0.15, 0.2) is 48.5 Å². The van der Waals surface area contributed by atoms with Crippen LogP contribution >= 0.6 is 0 Å². The molecule has 8 nitrogen and oxygen atoms in total. The van der Waals surface area contributed by atoms with E-state index in [4.69, 9.17) is 28.4 Å². The summed E-state index contributed by atoms with van der Waals surface area (Å²) in [5.41, 5.74) is 0.526. The fourth-order valence-electron chi connectivity index (χ4n) is 4.45. The minimum atomic E-state index is -0.492. The summed E-state index contributed by atoms with van der Waals surface area (Å²) in [7, 11) is 0. The summed E-state index contributed by atoms with van der Waals surface area (Å²) in [5, 5.41) is 0. The zero-order chi connectivity index (χ0) is 25.0. The molecule has 0 amide bonds. The molecule has 2 heterocycles. The molecular formula is C28H32O8. The Morgan fingerprint density at radius 1 is 0.889 bits per heavy atom. The molecule has 1 saturated carbocycles. The van der Waals surface area contributed by atoms with Crippen molar-refractivity contribution in [2.45, 2.75) is 44.8 Å². The molecule has 36 heavy (non-hydrogen) atoms. The quantitative estimate of drug-likeness (QED) is 0.198. The van der Waals surface area contributed by atoms with Crippen LogP contribution in [0, 0.1) is 11.3 Å². The highest BCUT2D eigenvalue weighted by Crippen LogP contribution is 2.40. The fraction of sp³-hybridized carbons (Fsp3) is 0.500. The number of epoxide rings is 1. The molecule has 1 aliphatic carbocycles. The van der Waals surface area contributed by atoms with Gasteiger partial charge in [0.15, 0.2) is 0 Å². The maximum absolute atomic E-state index is 12.5. The third-order valence-corrected chi connectivity index (χ3v) is 6.73. The van der Waals surface area contributed by atoms with E-state index in [-0.39, 0.29) is 23.4 Å². The molecule has 3 aliphatic rings. The highest BCUT2D eigenvalue weighted by molar-refractivity contribution is 5.91. The minimum absolute atomic E-state index is 0.130. The van der Waals surface area contributed by atoms with Gasteiger partial charge in [0.25, 0.3) is 0 Å². The van der Waals surface area contributed by atoms with Crippen LogP contribution in [0.25, 0.3) is 0 Å². The summed E-state index contributed by atoms with van der Waals surface area (Å²) in [6.45, 7) is 5.57. The summed E-state index contributed by atoms with van der Waals surface area (Å²) in [5.74, 6) is 0.658. The molecule has 8 heteroatoms. The summed E-state index contributed by atoms with van der Waals surface area (Å²) in [6.07, 6.45) is 3.77. The molecule has 0 aromatic heterocycles. The van der Waals surface area contributed by atoms with Gasteiger partial charge in [0.1, 0.15) is 17.2 Å². The van der Waals surface area contributed by atoms with Gasteiger partial charge in [-0.3, -0.25) is 4.79 Å². The van der Waals surface area contributed by atoms with Gasteiger partial charge in [0.2, 0.25) is 0 Å². The predicted molar refractivity (Wildman–Crippen MR) is 129 cm³/mol. The number of benzene rings is 2. The second-order valence-corrected chi connectivity index (χ2v) is 10.1. The molecule has 0 radical (unpaired) electrons. The fourth-order valence-corrected chi connectivity index (χ4v) is 4.45. The van der Waals surface area contributed by atoms with Gasteiger partial charge >= 0.3 is 11.9 Å². The highest BCUT2D eigenvalue weighted by Gasteiger charge is 2.46. The molecule has 2 aromatic carbocycles. The average molecular weight is 497 g/mol. The van der Waals surface area contributed by atoms with Gasteiger partial charge in [0, 0.05) is 18.4 Å². The SMILES string of the molecule is CC1(COCCCOc2ccc(OC(=O)c3ccc(OC(=O)C4CCC5OC5C4)cc3)cc2)COC1. The maximum Gasteiger partial charge on any atom is 0.343 e. The third-order valence-electron chi connectivity index (χ3n) is 6.73. The minimum Gasteiger partial charge on any atom is -0.494 e. The standard InChI is InChI=1S/C28H32O8/c1-28(17-32-18-28)16-31-13-2-14-33-21-8-10-23(11-9-21)34-26(29)19-3-6-22(7-4-19)35-27(30)20-5-12-24-25(15-20)36-24/h3-4,6-11,20,24-25H,2,5,12-18H2,1H3. The molecule has 3 atom stereocenters. The smallest absolute Gasteiger partial charge is 0.343 e. The highest BCUT2D eigenvalue weighted by atomic mass is 16.6. The topological polar surface area (TPSA) is 92.8 Å². The molecule has 3 unspecified atom stereocenters. The second-order valence-electron chi connectivity index (χ2n) is 10.1. The summed E-state index contributed by atoms with van der Waals surface area (Å²) < 4.78 is 33.1. The Labute approximate surface area is 210 Å². The molecule has 5 rings (SSSR count). The number of esters is 2. The van der Waals surface area contributed by atoms with Crippen LogP contribution in [-0.2, 0) is 19.0 Å². The lowest BCUT2D eigenvalue weighted by Crippen LogP contribution is -2.43. The van der Waals surface area contributed by atoms with Gasteiger partial charge in [-0.2, -0.15) is 0 Å². The lowest BCUT2D eigenvalue weighted by Gasteiger charge is -2.37. The predicted octanol–water partition coefficient (Wildman–Crippen LogP) is 4.20. The zero-order valence-corrected chi connectivity index (χ0v) is 20.5. The van der Waals surface area contributed by atoms with Crippen LogP contribution in [0.2, 0.25) is 0 Å². The van der Waals surface area contributed by atoms with Crippen molar-refractivity contribution in [2.75, 3.05) is 33.0 Å². The Bertz CT molecular complexity index is 1040. The number of ether oxygens (including phenoxy) is 6. The number of fused-ring (bicyclic) bond motifs is 1. The van der Waals surface area contributed by atoms with Crippen molar-refractivity contribution in [3.05, 3.63) is 54.1 Å². The Balaban J connectivity index is 1.01. The largest absolute Gasteiger partial charge is 0.494 e. The van der Waals surface area contributed by atoms with Crippen molar-refractivity contribution in [1.29, 1.82) is 0 Å². The molecule has 192 valence electrons. The van der Waals surface area contributed by atoms with E-state index in [1.165, 1.54) is 0 Å². The number of hydrogen-bond donors (Lipinski definition) is 0. The molecule has 2 saturated heterocycles. The molecular weight excluding hydrogens is 464 g/mol. The third kappa shape index (κ3) is 6.43. The first-order chi connectivity index (χ1) is 17.5. The van der Waals surface area contributed by atoms with Crippen LogP contribution in [0.5, 0.6) is 17.2 Å². The van der Waals surface area contributed by atoms with Gasteiger partial charge in [-0.15, -0.1) is 0 Å². The monoisotopic (exact) mass is 496 g/mol. The first-order valence-electron chi connectivity index (χ1n) is 12.6.